The summed E-state index contributed by atoms with van der Waals surface area (Å²) in [5.41, 5.74) is 13.4. The molecule has 148 valence electrons. The molecule has 0 bridgehead atoms. The summed E-state index contributed by atoms with van der Waals surface area (Å²) in [6.07, 6.45) is 1.98. The molecule has 6 rings (SSSR count). The van der Waals surface area contributed by atoms with E-state index in [1.165, 1.54) is 33.0 Å². The first kappa shape index (κ1) is 18.4. The highest BCUT2D eigenvalue weighted by Gasteiger charge is 2.28. The molecule has 0 amide bonds. The largest absolute Gasteiger partial charge is 0.369 e. The molecule has 30 heavy (non-hydrogen) atoms. The third-order valence-electron chi connectivity index (χ3n) is 6.47. The van der Waals surface area contributed by atoms with Gasteiger partial charge >= 0.3 is 0 Å². The Hall–Kier alpha value is -2.37. The summed E-state index contributed by atoms with van der Waals surface area (Å²) in [5.74, 6) is 0.0261. The van der Waals surface area contributed by atoms with E-state index >= 15 is 0 Å². The first-order valence-electron chi connectivity index (χ1n) is 10.1. The second-order valence-corrected chi connectivity index (χ2v) is 10.3. The van der Waals surface area contributed by atoms with Crippen LogP contribution in [-0.4, -0.2) is 5.96 Å². The molecule has 0 aromatic heterocycles. The maximum Gasteiger partial charge on any atom is 0.197 e. The van der Waals surface area contributed by atoms with Gasteiger partial charge in [-0.05, 0) is 58.0 Å². The minimum absolute atomic E-state index is 0.0261. The lowest BCUT2D eigenvalue weighted by molar-refractivity contribution is 1.01. The highest BCUT2D eigenvalue weighted by Crippen LogP contribution is 2.48. The third kappa shape index (κ3) is 2.45. The van der Waals surface area contributed by atoms with Crippen LogP contribution < -0.4 is 10.6 Å². The van der Waals surface area contributed by atoms with Gasteiger partial charge in [-0.15, -0.1) is 0 Å². The van der Waals surface area contributed by atoms with Crippen LogP contribution in [0.1, 0.15) is 31.9 Å². The topological polar surface area (TPSA) is 53.1 Å². The number of guanidine groups is 1. The van der Waals surface area contributed by atoms with Crippen LogP contribution in [0.4, 0.5) is 11.4 Å². The minimum atomic E-state index is 0.0261. The van der Waals surface area contributed by atoms with Gasteiger partial charge in [0.1, 0.15) is 0 Å². The summed E-state index contributed by atoms with van der Waals surface area (Å²) >= 11 is 7.65. The molecule has 0 fully saturated rings. The number of rotatable bonds is 2. The Kier molecular flexibility index (Phi) is 4.03. The van der Waals surface area contributed by atoms with Crippen molar-refractivity contribution >= 4 is 70.7 Å². The molecule has 2 aliphatic carbocycles. The quantitative estimate of drug-likeness (QED) is 0.170. The average Bonchev–Trinajstić information content (AvgIpc) is 3.24. The number of hydrogen-bond donors (Lipinski definition) is 2. The Morgan fingerprint density at radius 1 is 0.767 bits per heavy atom. The van der Waals surface area contributed by atoms with Crippen LogP contribution in [0.3, 0.4) is 0 Å². The van der Waals surface area contributed by atoms with Crippen molar-refractivity contribution in [2.75, 3.05) is 4.90 Å². The van der Waals surface area contributed by atoms with E-state index in [1.807, 2.05) is 4.90 Å². The minimum Gasteiger partial charge on any atom is -0.369 e. The number of nitrogens with zero attached hydrogens (tertiary/aromatic N) is 1. The van der Waals surface area contributed by atoms with E-state index in [2.05, 4.69) is 92.5 Å². The summed E-state index contributed by atoms with van der Waals surface area (Å²) in [6, 6.07) is 21.5. The first-order chi connectivity index (χ1) is 14.5. The van der Waals surface area contributed by atoms with Gasteiger partial charge in [0.05, 0.1) is 11.4 Å². The zero-order valence-electron chi connectivity index (χ0n) is 16.1. The molecule has 5 heteroatoms. The Balaban J connectivity index is 1.65. The molecule has 2 unspecified atom stereocenters. The SMILES string of the molecule is N=C(N)N(c1ccc2c3c(cccc13)C(Br)C2)c1ccc2c3c(cccc13)C(Br)C2. The average molecular weight is 521 g/mol. The Labute approximate surface area is 191 Å². The summed E-state index contributed by atoms with van der Waals surface area (Å²) in [4.78, 5) is 2.57. The van der Waals surface area contributed by atoms with Crippen molar-refractivity contribution in [3.63, 3.8) is 0 Å². The molecule has 2 aliphatic rings. The van der Waals surface area contributed by atoms with E-state index in [4.69, 9.17) is 11.1 Å². The standard InChI is InChI=1S/C25H19Br2N3/c26-19-11-13-7-9-21(17-5-1-3-15(19)23(13)17)30(25(28)29)22-10-8-14-12-20(27)16-4-2-6-18(22)24(14)16/h1-10,19-20H,11-12H2,(H3,28,29). The van der Waals surface area contributed by atoms with Crippen LogP contribution in [-0.2, 0) is 12.8 Å². The number of hydrogen-bond acceptors (Lipinski definition) is 1. The molecule has 2 atom stereocenters. The van der Waals surface area contributed by atoms with Crippen LogP contribution in [0.5, 0.6) is 0 Å². The van der Waals surface area contributed by atoms with E-state index in [0.717, 1.165) is 35.0 Å². The summed E-state index contributed by atoms with van der Waals surface area (Å²) in [7, 11) is 0. The fraction of sp³-hybridized carbons (Fsp3) is 0.160. The van der Waals surface area contributed by atoms with E-state index < -0.39 is 0 Å². The van der Waals surface area contributed by atoms with Gasteiger partial charge in [-0.1, -0.05) is 80.4 Å². The maximum atomic E-state index is 8.49. The summed E-state index contributed by atoms with van der Waals surface area (Å²) in [6.45, 7) is 0. The predicted octanol–water partition coefficient (Wildman–Crippen LogP) is 7.01. The summed E-state index contributed by atoms with van der Waals surface area (Å²) < 4.78 is 0. The van der Waals surface area contributed by atoms with Gasteiger partial charge in [0, 0.05) is 20.4 Å². The van der Waals surface area contributed by atoms with Gasteiger partial charge in [-0.2, -0.15) is 0 Å². The normalized spacial score (nSPS) is 19.0. The van der Waals surface area contributed by atoms with E-state index in [9.17, 15) is 0 Å². The Morgan fingerprint density at radius 2 is 1.23 bits per heavy atom. The highest BCUT2D eigenvalue weighted by molar-refractivity contribution is 9.09. The van der Waals surface area contributed by atoms with Gasteiger partial charge < -0.3 is 5.73 Å². The lowest BCUT2D eigenvalue weighted by Gasteiger charge is -2.26. The van der Waals surface area contributed by atoms with E-state index in [0.29, 0.717) is 9.65 Å². The molecular formula is C25H19Br2N3. The van der Waals surface area contributed by atoms with Crippen LogP contribution in [0.15, 0.2) is 60.7 Å². The monoisotopic (exact) mass is 519 g/mol. The van der Waals surface area contributed by atoms with Gasteiger partial charge in [0.15, 0.2) is 5.96 Å². The second kappa shape index (κ2) is 6.56. The molecule has 3 N–H and O–H groups in total. The first-order valence-corrected chi connectivity index (χ1v) is 11.9. The highest BCUT2D eigenvalue weighted by atomic mass is 79.9. The molecule has 0 aliphatic heterocycles. The lowest BCUT2D eigenvalue weighted by Crippen LogP contribution is -2.32. The fourth-order valence-electron chi connectivity index (χ4n) is 5.24. The molecule has 0 heterocycles. The molecule has 0 saturated carbocycles. The zero-order chi connectivity index (χ0) is 20.6. The van der Waals surface area contributed by atoms with Gasteiger partial charge in [0.2, 0.25) is 0 Å². The van der Waals surface area contributed by atoms with Crippen molar-refractivity contribution in [1.29, 1.82) is 5.41 Å². The molecule has 4 aromatic rings. The van der Waals surface area contributed by atoms with Gasteiger partial charge in [-0.25, -0.2) is 0 Å². The van der Waals surface area contributed by atoms with Crippen LogP contribution in [0.2, 0.25) is 0 Å². The second-order valence-electron chi connectivity index (χ2n) is 8.09. The van der Waals surface area contributed by atoms with Crippen molar-refractivity contribution in [2.24, 2.45) is 5.73 Å². The number of nitrogens with one attached hydrogen (secondary N) is 1. The van der Waals surface area contributed by atoms with Gasteiger partial charge in [-0.3, -0.25) is 10.3 Å². The van der Waals surface area contributed by atoms with Gasteiger partial charge in [0.25, 0.3) is 0 Å². The molecule has 0 radical (unpaired) electrons. The summed E-state index contributed by atoms with van der Waals surface area (Å²) in [5, 5.41) is 13.3. The van der Waals surface area contributed by atoms with Crippen LogP contribution >= 0.6 is 31.9 Å². The molecule has 0 saturated heterocycles. The van der Waals surface area contributed by atoms with E-state index in [1.54, 1.807) is 0 Å². The lowest BCUT2D eigenvalue weighted by atomic mass is 10.00. The molecule has 0 spiro atoms. The van der Waals surface area contributed by atoms with Crippen LogP contribution in [0, 0.1) is 5.41 Å². The number of anilines is 2. The Morgan fingerprint density at radius 3 is 1.67 bits per heavy atom. The number of benzene rings is 4. The van der Waals surface area contributed by atoms with E-state index in [-0.39, 0.29) is 5.96 Å². The predicted molar refractivity (Wildman–Crippen MR) is 133 cm³/mol. The smallest absolute Gasteiger partial charge is 0.197 e. The van der Waals surface area contributed by atoms with Crippen molar-refractivity contribution in [2.45, 2.75) is 22.5 Å². The van der Waals surface area contributed by atoms with Crippen molar-refractivity contribution in [3.8, 4) is 0 Å². The third-order valence-corrected chi connectivity index (χ3v) is 8.10. The molecular weight excluding hydrogens is 502 g/mol. The number of nitrogens with two attached hydrogens (primary N) is 1. The zero-order valence-corrected chi connectivity index (χ0v) is 19.3. The van der Waals surface area contributed by atoms with Crippen molar-refractivity contribution in [1.82, 2.24) is 0 Å². The molecule has 3 nitrogen and oxygen atoms in total. The molecule has 4 aromatic carbocycles. The maximum absolute atomic E-state index is 8.49. The van der Waals surface area contributed by atoms with Crippen molar-refractivity contribution < 1.29 is 0 Å². The Bertz CT molecular complexity index is 1280. The van der Waals surface area contributed by atoms with Crippen molar-refractivity contribution in [3.05, 3.63) is 82.9 Å². The number of alkyl halides is 2. The van der Waals surface area contributed by atoms with Crippen LogP contribution in [0.25, 0.3) is 21.5 Å². The number of halogens is 2. The fourth-order valence-corrected chi connectivity index (χ4v) is 6.70.